The minimum absolute atomic E-state index is 0. The fraction of sp³-hybridized carbons (Fsp3) is 0.500. The van der Waals surface area contributed by atoms with Crippen LogP contribution < -0.4 is 15.5 Å². The smallest absolute Gasteiger partial charge is 0.255 e. The fourth-order valence-electron chi connectivity index (χ4n) is 3.21. The summed E-state index contributed by atoms with van der Waals surface area (Å²) >= 11 is 6.00. The molecular formula is C14H19Cl2N3O. The highest BCUT2D eigenvalue weighted by Crippen LogP contribution is 2.36. The summed E-state index contributed by atoms with van der Waals surface area (Å²) in [6, 6.07) is 5.57. The van der Waals surface area contributed by atoms with Crippen LogP contribution in [-0.4, -0.2) is 31.2 Å². The van der Waals surface area contributed by atoms with Crippen molar-refractivity contribution in [3.05, 3.63) is 28.8 Å². The van der Waals surface area contributed by atoms with Crippen molar-refractivity contribution in [2.24, 2.45) is 0 Å². The van der Waals surface area contributed by atoms with Gasteiger partial charge in [0.1, 0.15) is 5.66 Å². The zero-order valence-electron chi connectivity index (χ0n) is 11.4. The van der Waals surface area contributed by atoms with E-state index in [2.05, 4.69) is 22.5 Å². The molecule has 0 aromatic heterocycles. The van der Waals surface area contributed by atoms with Gasteiger partial charge in [-0.15, -0.1) is 12.4 Å². The first-order valence-electron chi connectivity index (χ1n) is 6.77. The van der Waals surface area contributed by atoms with Crippen LogP contribution in [0.1, 0.15) is 30.1 Å². The van der Waals surface area contributed by atoms with Gasteiger partial charge in [-0.1, -0.05) is 11.6 Å². The number of benzene rings is 1. The average Bonchev–Trinajstić information content (AvgIpc) is 2.41. The monoisotopic (exact) mass is 315 g/mol. The lowest BCUT2D eigenvalue weighted by atomic mass is 9.91. The number of hydrogen-bond donors (Lipinski definition) is 2. The number of anilines is 1. The third kappa shape index (κ3) is 2.36. The number of rotatable bonds is 1. The van der Waals surface area contributed by atoms with E-state index in [0.717, 1.165) is 38.2 Å². The van der Waals surface area contributed by atoms with Crippen LogP contribution in [0.3, 0.4) is 0 Å². The third-order valence-corrected chi connectivity index (χ3v) is 4.34. The molecule has 0 saturated carbocycles. The minimum atomic E-state index is -0.238. The van der Waals surface area contributed by atoms with Crippen molar-refractivity contribution in [1.82, 2.24) is 10.6 Å². The molecule has 3 rings (SSSR count). The molecule has 1 spiro atoms. The highest BCUT2D eigenvalue weighted by atomic mass is 35.5. The van der Waals surface area contributed by atoms with E-state index in [9.17, 15) is 4.79 Å². The van der Waals surface area contributed by atoms with E-state index >= 15 is 0 Å². The summed E-state index contributed by atoms with van der Waals surface area (Å²) in [5.41, 5.74) is 1.44. The van der Waals surface area contributed by atoms with E-state index in [-0.39, 0.29) is 24.0 Å². The number of piperidine rings is 1. The summed E-state index contributed by atoms with van der Waals surface area (Å²) in [6.07, 6.45) is 1.85. The number of halogens is 2. The average molecular weight is 316 g/mol. The van der Waals surface area contributed by atoms with Crippen LogP contribution in [0.15, 0.2) is 18.2 Å². The molecule has 1 saturated heterocycles. The lowest BCUT2D eigenvalue weighted by Crippen LogP contribution is -2.67. The molecule has 1 aromatic carbocycles. The molecule has 2 N–H and O–H groups in total. The van der Waals surface area contributed by atoms with Crippen molar-refractivity contribution in [3.63, 3.8) is 0 Å². The SMILES string of the molecule is CCN1c2ccc(Cl)cc2C(=O)NC12CCNCC2.Cl. The van der Waals surface area contributed by atoms with E-state index in [1.807, 2.05) is 12.1 Å². The Morgan fingerprint density at radius 3 is 2.70 bits per heavy atom. The van der Waals surface area contributed by atoms with E-state index < -0.39 is 0 Å². The highest BCUT2D eigenvalue weighted by molar-refractivity contribution is 6.31. The van der Waals surface area contributed by atoms with Gasteiger partial charge in [-0.05, 0) is 38.2 Å². The molecule has 0 aliphatic carbocycles. The van der Waals surface area contributed by atoms with E-state index in [1.165, 1.54) is 0 Å². The van der Waals surface area contributed by atoms with Crippen LogP contribution in [0, 0.1) is 0 Å². The van der Waals surface area contributed by atoms with Gasteiger partial charge in [0.15, 0.2) is 0 Å². The predicted molar refractivity (Wildman–Crippen MR) is 84.0 cm³/mol. The summed E-state index contributed by atoms with van der Waals surface area (Å²) < 4.78 is 0. The third-order valence-electron chi connectivity index (χ3n) is 4.10. The number of nitrogens with zero attached hydrogens (tertiary/aromatic N) is 1. The van der Waals surface area contributed by atoms with Gasteiger partial charge in [0.05, 0.1) is 11.3 Å². The van der Waals surface area contributed by atoms with Gasteiger partial charge in [-0.3, -0.25) is 4.79 Å². The molecule has 2 aliphatic heterocycles. The second-order valence-corrected chi connectivity index (χ2v) is 5.58. The maximum absolute atomic E-state index is 12.4. The molecule has 4 nitrogen and oxygen atoms in total. The van der Waals surface area contributed by atoms with Gasteiger partial charge in [-0.2, -0.15) is 0 Å². The van der Waals surface area contributed by atoms with Crippen molar-refractivity contribution in [2.45, 2.75) is 25.4 Å². The van der Waals surface area contributed by atoms with Crippen LogP contribution in [0.4, 0.5) is 5.69 Å². The van der Waals surface area contributed by atoms with Gasteiger partial charge in [0.2, 0.25) is 0 Å². The van der Waals surface area contributed by atoms with Gasteiger partial charge in [0.25, 0.3) is 5.91 Å². The van der Waals surface area contributed by atoms with E-state index in [4.69, 9.17) is 11.6 Å². The Kier molecular flexibility index (Phi) is 4.47. The van der Waals surface area contributed by atoms with Crippen molar-refractivity contribution >= 4 is 35.6 Å². The second kappa shape index (κ2) is 5.80. The number of nitrogens with one attached hydrogen (secondary N) is 2. The lowest BCUT2D eigenvalue weighted by Gasteiger charge is -2.51. The highest BCUT2D eigenvalue weighted by Gasteiger charge is 2.43. The molecule has 0 radical (unpaired) electrons. The van der Waals surface area contributed by atoms with Crippen molar-refractivity contribution in [3.8, 4) is 0 Å². The molecule has 1 fully saturated rings. The van der Waals surface area contributed by atoms with Gasteiger partial charge in [-0.25, -0.2) is 0 Å². The number of amides is 1. The van der Waals surface area contributed by atoms with Gasteiger partial charge < -0.3 is 15.5 Å². The molecule has 0 unspecified atom stereocenters. The normalized spacial score (nSPS) is 20.1. The first-order valence-corrected chi connectivity index (χ1v) is 7.14. The minimum Gasteiger partial charge on any atom is -0.348 e. The maximum atomic E-state index is 12.4. The zero-order chi connectivity index (χ0) is 13.5. The topological polar surface area (TPSA) is 44.4 Å². The van der Waals surface area contributed by atoms with Crippen LogP contribution in [0.2, 0.25) is 5.02 Å². The van der Waals surface area contributed by atoms with Crippen LogP contribution in [-0.2, 0) is 0 Å². The first-order chi connectivity index (χ1) is 9.16. The molecule has 20 heavy (non-hydrogen) atoms. The molecule has 0 atom stereocenters. The number of carbonyl (C=O) groups excluding carboxylic acids is 1. The van der Waals surface area contributed by atoms with Crippen LogP contribution in [0.5, 0.6) is 0 Å². The Morgan fingerprint density at radius 1 is 1.35 bits per heavy atom. The first kappa shape index (κ1) is 15.4. The van der Waals surface area contributed by atoms with E-state index in [1.54, 1.807) is 6.07 Å². The second-order valence-electron chi connectivity index (χ2n) is 5.14. The molecular weight excluding hydrogens is 297 g/mol. The molecule has 110 valence electrons. The number of hydrogen-bond acceptors (Lipinski definition) is 3. The Hall–Kier alpha value is -0.970. The van der Waals surface area contributed by atoms with Gasteiger partial charge in [0, 0.05) is 24.4 Å². The molecule has 2 aliphatic rings. The van der Waals surface area contributed by atoms with Crippen molar-refractivity contribution in [2.75, 3.05) is 24.5 Å². The Morgan fingerprint density at radius 2 is 2.05 bits per heavy atom. The Labute approximate surface area is 130 Å². The molecule has 6 heteroatoms. The molecule has 1 amide bonds. The summed E-state index contributed by atoms with van der Waals surface area (Å²) in [7, 11) is 0. The van der Waals surface area contributed by atoms with Crippen LogP contribution >= 0.6 is 24.0 Å². The quantitative estimate of drug-likeness (QED) is 0.836. The van der Waals surface area contributed by atoms with Crippen LogP contribution in [0.25, 0.3) is 0 Å². The molecule has 1 aromatic rings. The fourth-order valence-corrected chi connectivity index (χ4v) is 3.38. The van der Waals surface area contributed by atoms with E-state index in [0.29, 0.717) is 10.6 Å². The Bertz CT molecular complexity index is 515. The van der Waals surface area contributed by atoms with Crippen molar-refractivity contribution < 1.29 is 4.79 Å². The Balaban J connectivity index is 0.00000147. The number of carbonyl (C=O) groups is 1. The predicted octanol–water partition coefficient (Wildman–Crippen LogP) is 2.41. The van der Waals surface area contributed by atoms with Crippen molar-refractivity contribution in [1.29, 1.82) is 0 Å². The summed E-state index contributed by atoms with van der Waals surface area (Å²) in [5, 5.41) is 7.16. The maximum Gasteiger partial charge on any atom is 0.255 e. The van der Waals surface area contributed by atoms with Gasteiger partial charge >= 0.3 is 0 Å². The zero-order valence-corrected chi connectivity index (χ0v) is 13.0. The summed E-state index contributed by atoms with van der Waals surface area (Å²) in [5.74, 6) is -0.0101. The number of fused-ring (bicyclic) bond motifs is 1. The largest absolute Gasteiger partial charge is 0.348 e. The molecule has 0 bridgehead atoms. The summed E-state index contributed by atoms with van der Waals surface area (Å²) in [6.45, 7) is 4.86. The molecule has 2 heterocycles. The standard InChI is InChI=1S/C14H18ClN3O.ClH/c1-2-18-12-4-3-10(15)9-11(12)13(19)17-14(18)5-7-16-8-6-14;/h3-4,9,16H,2,5-8H2,1H3,(H,17,19);1H. The lowest BCUT2D eigenvalue weighted by molar-refractivity contribution is 0.0852. The summed E-state index contributed by atoms with van der Waals surface area (Å²) in [4.78, 5) is 14.7.